The number of hydrogen-bond donors (Lipinski definition) is 2. The van der Waals surface area contributed by atoms with Gasteiger partial charge in [0.2, 0.25) is 11.8 Å². The zero-order valence-corrected chi connectivity index (χ0v) is 13.9. The second-order valence-corrected chi connectivity index (χ2v) is 7.10. The monoisotopic (exact) mass is 297 g/mol. The molecule has 1 aliphatic heterocycles. The lowest BCUT2D eigenvalue weighted by atomic mass is 9.93. The van der Waals surface area contributed by atoms with Crippen molar-refractivity contribution in [2.75, 3.05) is 19.6 Å². The van der Waals surface area contributed by atoms with Gasteiger partial charge in [0.05, 0.1) is 0 Å². The number of likely N-dealkylation sites (tertiary alicyclic amines) is 1. The third-order valence-electron chi connectivity index (χ3n) is 4.17. The minimum atomic E-state index is -0.328. The predicted octanol–water partition coefficient (Wildman–Crippen LogP) is 1.51. The van der Waals surface area contributed by atoms with Crippen molar-refractivity contribution in [1.82, 2.24) is 10.2 Å². The van der Waals surface area contributed by atoms with E-state index in [1.54, 1.807) is 0 Å². The first-order valence-corrected chi connectivity index (χ1v) is 8.06. The number of nitrogens with zero attached hydrogens (tertiary/aromatic N) is 1. The van der Waals surface area contributed by atoms with Gasteiger partial charge in [-0.1, -0.05) is 34.1 Å². The topological polar surface area (TPSA) is 75.4 Å². The summed E-state index contributed by atoms with van der Waals surface area (Å²) in [7, 11) is 0. The fraction of sp³-hybridized carbons (Fsp3) is 0.875. The van der Waals surface area contributed by atoms with E-state index < -0.39 is 0 Å². The summed E-state index contributed by atoms with van der Waals surface area (Å²) in [6, 6.07) is 0.191. The molecule has 0 aromatic carbocycles. The average Bonchev–Trinajstić information content (AvgIpc) is 2.43. The number of hydrogen-bond acceptors (Lipinski definition) is 3. The quantitative estimate of drug-likeness (QED) is 0.808. The SMILES string of the molecule is CCC(CN)CC(=O)NC1CCN(C(=O)C(C)(C)C)CC1. The molecule has 0 aliphatic carbocycles. The van der Waals surface area contributed by atoms with E-state index in [1.807, 2.05) is 25.7 Å². The smallest absolute Gasteiger partial charge is 0.227 e. The van der Waals surface area contributed by atoms with Crippen molar-refractivity contribution in [1.29, 1.82) is 0 Å². The van der Waals surface area contributed by atoms with Crippen molar-refractivity contribution in [2.45, 2.75) is 59.4 Å². The predicted molar refractivity (Wildman–Crippen MR) is 84.7 cm³/mol. The fourth-order valence-corrected chi connectivity index (χ4v) is 2.64. The van der Waals surface area contributed by atoms with Gasteiger partial charge in [0.15, 0.2) is 0 Å². The van der Waals surface area contributed by atoms with Crippen molar-refractivity contribution in [3.8, 4) is 0 Å². The molecule has 1 heterocycles. The molecule has 5 nitrogen and oxygen atoms in total. The Morgan fingerprint density at radius 2 is 1.86 bits per heavy atom. The van der Waals surface area contributed by atoms with Crippen LogP contribution in [0.5, 0.6) is 0 Å². The highest BCUT2D eigenvalue weighted by Gasteiger charge is 2.30. The van der Waals surface area contributed by atoms with Crippen LogP contribution in [-0.2, 0) is 9.59 Å². The normalized spacial score (nSPS) is 18.4. The number of nitrogens with two attached hydrogens (primary N) is 1. The molecule has 0 aromatic heterocycles. The lowest BCUT2D eigenvalue weighted by Crippen LogP contribution is -2.49. The molecule has 122 valence electrons. The van der Waals surface area contributed by atoms with Crippen molar-refractivity contribution in [2.24, 2.45) is 17.1 Å². The van der Waals surface area contributed by atoms with E-state index in [2.05, 4.69) is 12.2 Å². The molecule has 1 saturated heterocycles. The average molecular weight is 297 g/mol. The van der Waals surface area contributed by atoms with Crippen LogP contribution in [0.25, 0.3) is 0 Å². The highest BCUT2D eigenvalue weighted by atomic mass is 16.2. The van der Waals surface area contributed by atoms with Gasteiger partial charge in [0, 0.05) is 31.0 Å². The Morgan fingerprint density at radius 1 is 1.29 bits per heavy atom. The molecule has 0 bridgehead atoms. The Hall–Kier alpha value is -1.10. The second-order valence-electron chi connectivity index (χ2n) is 7.10. The first-order valence-electron chi connectivity index (χ1n) is 8.06. The van der Waals surface area contributed by atoms with E-state index in [1.165, 1.54) is 0 Å². The molecular weight excluding hydrogens is 266 g/mol. The van der Waals surface area contributed by atoms with Gasteiger partial charge >= 0.3 is 0 Å². The maximum absolute atomic E-state index is 12.2. The van der Waals surface area contributed by atoms with E-state index in [4.69, 9.17) is 5.73 Å². The molecule has 2 amide bonds. The minimum Gasteiger partial charge on any atom is -0.353 e. The van der Waals surface area contributed by atoms with Crippen molar-refractivity contribution < 1.29 is 9.59 Å². The Kier molecular flexibility index (Phi) is 6.65. The zero-order valence-electron chi connectivity index (χ0n) is 13.9. The summed E-state index contributed by atoms with van der Waals surface area (Å²) in [5.41, 5.74) is 5.30. The number of amides is 2. The lowest BCUT2D eigenvalue weighted by Gasteiger charge is -2.36. The summed E-state index contributed by atoms with van der Waals surface area (Å²) in [4.78, 5) is 26.1. The highest BCUT2D eigenvalue weighted by Crippen LogP contribution is 2.21. The van der Waals surface area contributed by atoms with Crippen LogP contribution in [0.2, 0.25) is 0 Å². The van der Waals surface area contributed by atoms with Crippen molar-refractivity contribution in [3.05, 3.63) is 0 Å². The van der Waals surface area contributed by atoms with Gasteiger partial charge in [-0.15, -0.1) is 0 Å². The molecule has 0 saturated carbocycles. The Bertz CT molecular complexity index is 351. The van der Waals surface area contributed by atoms with E-state index >= 15 is 0 Å². The third kappa shape index (κ3) is 5.65. The van der Waals surface area contributed by atoms with Gasteiger partial charge < -0.3 is 16.0 Å². The first kappa shape index (κ1) is 18.0. The molecule has 1 rings (SSSR count). The number of nitrogens with one attached hydrogen (secondary N) is 1. The molecule has 3 N–H and O–H groups in total. The number of piperidine rings is 1. The van der Waals surface area contributed by atoms with E-state index in [-0.39, 0.29) is 29.2 Å². The van der Waals surface area contributed by atoms with Crippen LogP contribution in [-0.4, -0.2) is 42.4 Å². The molecule has 1 fully saturated rings. The molecule has 0 radical (unpaired) electrons. The molecule has 21 heavy (non-hydrogen) atoms. The van der Waals surface area contributed by atoms with E-state index in [9.17, 15) is 9.59 Å². The first-order chi connectivity index (χ1) is 9.77. The third-order valence-corrected chi connectivity index (χ3v) is 4.17. The van der Waals surface area contributed by atoms with Crippen LogP contribution in [0, 0.1) is 11.3 Å². The summed E-state index contributed by atoms with van der Waals surface area (Å²) in [6.07, 6.45) is 3.12. The number of carbonyl (C=O) groups excluding carboxylic acids is 2. The van der Waals surface area contributed by atoms with Crippen LogP contribution in [0.3, 0.4) is 0 Å². The molecule has 1 atom stereocenters. The highest BCUT2D eigenvalue weighted by molar-refractivity contribution is 5.81. The van der Waals surface area contributed by atoms with Crippen LogP contribution in [0.4, 0.5) is 0 Å². The van der Waals surface area contributed by atoms with Crippen LogP contribution < -0.4 is 11.1 Å². The standard InChI is InChI=1S/C16H31N3O2/c1-5-12(11-17)10-14(20)18-13-6-8-19(9-7-13)15(21)16(2,3)4/h12-13H,5-11,17H2,1-4H3,(H,18,20). The largest absolute Gasteiger partial charge is 0.353 e. The van der Waals surface area contributed by atoms with Gasteiger partial charge in [0.1, 0.15) is 0 Å². The molecule has 0 aromatic rings. The molecule has 1 unspecified atom stereocenters. The molecule has 1 aliphatic rings. The summed E-state index contributed by atoms with van der Waals surface area (Å²) < 4.78 is 0. The summed E-state index contributed by atoms with van der Waals surface area (Å²) >= 11 is 0. The fourth-order valence-electron chi connectivity index (χ4n) is 2.64. The summed E-state index contributed by atoms with van der Waals surface area (Å²) in [6.45, 7) is 9.91. The minimum absolute atomic E-state index is 0.0906. The zero-order chi connectivity index (χ0) is 16.0. The van der Waals surface area contributed by atoms with E-state index in [0.717, 1.165) is 32.4 Å². The van der Waals surface area contributed by atoms with Gasteiger partial charge in [-0.05, 0) is 25.3 Å². The Morgan fingerprint density at radius 3 is 2.29 bits per heavy atom. The van der Waals surface area contributed by atoms with Crippen LogP contribution in [0.1, 0.15) is 53.4 Å². The summed E-state index contributed by atoms with van der Waals surface area (Å²) in [5, 5.41) is 3.08. The second kappa shape index (κ2) is 7.78. The van der Waals surface area contributed by atoms with Gasteiger partial charge in [-0.25, -0.2) is 0 Å². The van der Waals surface area contributed by atoms with Gasteiger partial charge in [-0.2, -0.15) is 0 Å². The van der Waals surface area contributed by atoms with Crippen LogP contribution in [0.15, 0.2) is 0 Å². The maximum atomic E-state index is 12.2. The van der Waals surface area contributed by atoms with Crippen molar-refractivity contribution in [3.63, 3.8) is 0 Å². The maximum Gasteiger partial charge on any atom is 0.227 e. The van der Waals surface area contributed by atoms with Gasteiger partial charge in [-0.3, -0.25) is 9.59 Å². The Balaban J connectivity index is 2.37. The molecule has 0 spiro atoms. The Labute approximate surface area is 128 Å². The number of carbonyl (C=O) groups is 2. The number of rotatable bonds is 5. The molecule has 5 heteroatoms. The van der Waals surface area contributed by atoms with Crippen molar-refractivity contribution >= 4 is 11.8 Å². The lowest BCUT2D eigenvalue weighted by molar-refractivity contribution is -0.140. The summed E-state index contributed by atoms with van der Waals surface area (Å²) in [5.74, 6) is 0.557. The van der Waals surface area contributed by atoms with E-state index in [0.29, 0.717) is 13.0 Å². The van der Waals surface area contributed by atoms with Crippen LogP contribution >= 0.6 is 0 Å². The molecular formula is C16H31N3O2. The van der Waals surface area contributed by atoms with Gasteiger partial charge in [0.25, 0.3) is 0 Å².